The number of likely N-dealkylation sites (N-methyl/N-ethyl adjacent to an activating group) is 1. The number of nitrogens with zero attached hydrogens (tertiary/aromatic N) is 3. The van der Waals surface area contributed by atoms with Gasteiger partial charge >= 0.3 is 5.97 Å². The Morgan fingerprint density at radius 3 is 2.71 bits per heavy atom. The highest BCUT2D eigenvalue weighted by Crippen LogP contribution is 2.53. The Balaban J connectivity index is 0.00000192. The number of hydrogen-bond donors (Lipinski definition) is 2. The number of benzene rings is 1. The summed E-state index contributed by atoms with van der Waals surface area (Å²) in [5.74, 6) is -1.78. The van der Waals surface area contributed by atoms with Crippen LogP contribution in [-0.4, -0.2) is 48.5 Å². The maximum Gasteiger partial charge on any atom is 0.341 e. The molecule has 2 aromatic rings. The summed E-state index contributed by atoms with van der Waals surface area (Å²) in [6.07, 6.45) is 4.08. The minimum atomic E-state index is -1.31. The minimum Gasteiger partial charge on any atom is -0.477 e. The van der Waals surface area contributed by atoms with Crippen molar-refractivity contribution >= 4 is 35.0 Å². The third-order valence-electron chi connectivity index (χ3n) is 6.50. The lowest BCUT2D eigenvalue weighted by Crippen LogP contribution is -2.39. The van der Waals surface area contributed by atoms with Gasteiger partial charge in [-0.15, -0.1) is 12.4 Å². The van der Waals surface area contributed by atoms with Gasteiger partial charge in [0, 0.05) is 49.9 Å². The number of carbonyl (C=O) groups is 1. The van der Waals surface area contributed by atoms with E-state index < -0.39 is 17.2 Å². The van der Waals surface area contributed by atoms with Gasteiger partial charge in [0.2, 0.25) is 5.43 Å². The van der Waals surface area contributed by atoms with E-state index in [4.69, 9.17) is 5.73 Å². The summed E-state index contributed by atoms with van der Waals surface area (Å²) in [5, 5.41) is 11.3. The zero-order valence-electron chi connectivity index (χ0n) is 15.4. The first kappa shape index (κ1) is 19.0. The number of nitrogens with two attached hydrogens (primary N) is 1. The molecule has 1 aromatic carbocycles. The highest BCUT2D eigenvalue weighted by atomic mass is 35.5. The second-order valence-electron chi connectivity index (χ2n) is 8.08. The van der Waals surface area contributed by atoms with E-state index >= 15 is 4.39 Å². The maximum absolute atomic E-state index is 15.2. The van der Waals surface area contributed by atoms with Crippen LogP contribution in [0.1, 0.15) is 28.8 Å². The third-order valence-corrected chi connectivity index (χ3v) is 6.50. The highest BCUT2D eigenvalue weighted by Gasteiger charge is 2.54. The van der Waals surface area contributed by atoms with E-state index in [0.717, 1.165) is 24.9 Å². The number of aromatic nitrogens is 1. The number of pyridine rings is 1. The molecule has 1 saturated carbocycles. The smallest absolute Gasteiger partial charge is 0.341 e. The minimum absolute atomic E-state index is 0. The first-order chi connectivity index (χ1) is 12.8. The van der Waals surface area contributed by atoms with Crippen molar-refractivity contribution in [2.24, 2.45) is 11.1 Å². The van der Waals surface area contributed by atoms with Gasteiger partial charge in [-0.2, -0.15) is 0 Å². The van der Waals surface area contributed by atoms with Crippen molar-refractivity contribution in [3.8, 4) is 0 Å². The van der Waals surface area contributed by atoms with Crippen molar-refractivity contribution in [3.05, 3.63) is 39.4 Å². The van der Waals surface area contributed by atoms with Crippen LogP contribution in [0.2, 0.25) is 0 Å². The molecule has 0 radical (unpaired) electrons. The molecule has 0 amide bonds. The molecule has 150 valence electrons. The topological polar surface area (TPSA) is 91.8 Å². The molecule has 1 aliphatic carbocycles. The first-order valence-electron chi connectivity index (χ1n) is 9.18. The molecular formula is C19H22ClFN4O3. The van der Waals surface area contributed by atoms with Crippen molar-refractivity contribution in [2.75, 3.05) is 36.6 Å². The highest BCUT2D eigenvalue weighted by molar-refractivity contribution is 5.95. The van der Waals surface area contributed by atoms with Crippen molar-refractivity contribution in [1.82, 2.24) is 4.68 Å². The summed E-state index contributed by atoms with van der Waals surface area (Å²) in [6, 6.07) is 1.23. The Morgan fingerprint density at radius 2 is 2.11 bits per heavy atom. The molecule has 1 aromatic heterocycles. The molecule has 9 heteroatoms. The Labute approximate surface area is 166 Å². The molecule has 2 aliphatic heterocycles. The number of carboxylic acids is 1. The second-order valence-corrected chi connectivity index (χ2v) is 8.08. The summed E-state index contributed by atoms with van der Waals surface area (Å²) in [6.45, 7) is 1.94. The van der Waals surface area contributed by atoms with Crippen LogP contribution in [0.25, 0.3) is 10.9 Å². The molecular weight excluding hydrogens is 387 g/mol. The predicted octanol–water partition coefficient (Wildman–Crippen LogP) is 1.31. The lowest BCUT2D eigenvalue weighted by molar-refractivity contribution is 0.0695. The van der Waals surface area contributed by atoms with E-state index in [9.17, 15) is 14.7 Å². The van der Waals surface area contributed by atoms with Gasteiger partial charge in [-0.25, -0.2) is 9.18 Å². The largest absolute Gasteiger partial charge is 0.477 e. The van der Waals surface area contributed by atoms with Crippen LogP contribution >= 0.6 is 12.4 Å². The fourth-order valence-electron chi connectivity index (χ4n) is 4.74. The zero-order valence-corrected chi connectivity index (χ0v) is 16.3. The molecule has 0 bridgehead atoms. The van der Waals surface area contributed by atoms with E-state index in [-0.39, 0.29) is 34.8 Å². The number of hydrogen-bond acceptors (Lipinski definition) is 5. The van der Waals surface area contributed by atoms with Crippen LogP contribution < -0.4 is 21.1 Å². The zero-order chi connectivity index (χ0) is 19.1. The average Bonchev–Trinajstić information content (AvgIpc) is 3.32. The summed E-state index contributed by atoms with van der Waals surface area (Å²) in [5.41, 5.74) is 7.30. The summed E-state index contributed by atoms with van der Waals surface area (Å²) in [7, 11) is 1.83. The van der Waals surface area contributed by atoms with Crippen molar-refractivity contribution in [3.63, 3.8) is 0 Å². The van der Waals surface area contributed by atoms with Gasteiger partial charge in [0.15, 0.2) is 0 Å². The number of aromatic carboxylic acids is 1. The molecule has 3 N–H and O–H groups in total. The lowest BCUT2D eigenvalue weighted by atomic mass is 9.99. The van der Waals surface area contributed by atoms with Gasteiger partial charge in [0.1, 0.15) is 11.4 Å². The number of halogens is 2. The summed E-state index contributed by atoms with van der Waals surface area (Å²) >= 11 is 0. The van der Waals surface area contributed by atoms with Gasteiger partial charge < -0.3 is 20.7 Å². The Kier molecular flexibility index (Phi) is 4.13. The Hall–Kier alpha value is -2.32. The molecule has 7 nitrogen and oxygen atoms in total. The van der Waals surface area contributed by atoms with E-state index in [2.05, 4.69) is 0 Å². The van der Waals surface area contributed by atoms with Crippen LogP contribution in [0.15, 0.2) is 17.1 Å². The van der Waals surface area contributed by atoms with E-state index in [1.807, 2.05) is 17.0 Å². The van der Waals surface area contributed by atoms with Crippen molar-refractivity contribution in [1.29, 1.82) is 0 Å². The van der Waals surface area contributed by atoms with Gasteiger partial charge in [0.05, 0.1) is 16.6 Å². The fraction of sp³-hybridized carbons (Fsp3) is 0.474. The van der Waals surface area contributed by atoms with E-state index in [1.54, 1.807) is 4.68 Å². The Morgan fingerprint density at radius 1 is 1.39 bits per heavy atom. The van der Waals surface area contributed by atoms with Crippen LogP contribution in [0, 0.1) is 11.2 Å². The normalized spacial score (nSPS) is 21.9. The molecule has 28 heavy (non-hydrogen) atoms. The number of rotatable bonds is 2. The van der Waals surface area contributed by atoms with Crippen LogP contribution in [0.4, 0.5) is 10.1 Å². The molecule has 1 saturated heterocycles. The van der Waals surface area contributed by atoms with Crippen LogP contribution in [-0.2, 0) is 6.42 Å². The molecule has 5 rings (SSSR count). The summed E-state index contributed by atoms with van der Waals surface area (Å²) in [4.78, 5) is 26.1. The van der Waals surface area contributed by atoms with Gasteiger partial charge in [-0.05, 0) is 25.3 Å². The van der Waals surface area contributed by atoms with Gasteiger partial charge in [-0.1, -0.05) is 0 Å². The first-order valence-corrected chi connectivity index (χ1v) is 9.18. The molecule has 1 spiro atoms. The Bertz CT molecular complexity index is 1070. The standard InChI is InChI=1S/C19H21FN4O3.ClH/c1-22-5-2-10-15-11(17(25)12(18(26)27)7-24(15)22)6-13(20)16(10)23-8-14(21)19(9-23)3-4-19;/h6-7,14H,2-5,8-9,21H2,1H3,(H,26,27);1H. The molecule has 1 atom stereocenters. The number of carboxylic acid groups (broad SMARTS) is 1. The van der Waals surface area contributed by atoms with E-state index in [0.29, 0.717) is 30.7 Å². The van der Waals surface area contributed by atoms with Crippen LogP contribution in [0.3, 0.4) is 0 Å². The van der Waals surface area contributed by atoms with Crippen LogP contribution in [0.5, 0.6) is 0 Å². The third kappa shape index (κ3) is 2.44. The average molecular weight is 409 g/mol. The SMILES string of the molecule is CN1CCc2c(N3CC(N)C4(CC4)C3)c(F)cc3c(=O)c(C(=O)O)cn1c23.Cl. The maximum atomic E-state index is 15.2. The molecule has 3 heterocycles. The second kappa shape index (κ2) is 6.09. The number of anilines is 1. The van der Waals surface area contributed by atoms with Crippen molar-refractivity contribution < 1.29 is 14.3 Å². The molecule has 2 fully saturated rings. The van der Waals surface area contributed by atoms with Gasteiger partial charge in [-0.3, -0.25) is 9.47 Å². The monoisotopic (exact) mass is 408 g/mol. The molecule has 1 unspecified atom stereocenters. The van der Waals surface area contributed by atoms with Gasteiger partial charge in [0.25, 0.3) is 0 Å². The fourth-order valence-corrected chi connectivity index (χ4v) is 4.74. The molecule has 3 aliphatic rings. The summed E-state index contributed by atoms with van der Waals surface area (Å²) < 4.78 is 16.9. The van der Waals surface area contributed by atoms with E-state index in [1.165, 1.54) is 12.3 Å². The lowest BCUT2D eigenvalue weighted by Gasteiger charge is -2.33. The van der Waals surface area contributed by atoms with Crippen molar-refractivity contribution in [2.45, 2.75) is 25.3 Å². The quantitative estimate of drug-likeness (QED) is 0.778. The predicted molar refractivity (Wildman–Crippen MR) is 107 cm³/mol.